The number of hydrogen-bond donors (Lipinski definition) is 1. The number of esters is 1. The number of carbonyl (C=O) groups is 1. The van der Waals surface area contributed by atoms with Gasteiger partial charge in [-0.2, -0.15) is 0 Å². The first-order valence-corrected chi connectivity index (χ1v) is 3.50. The summed E-state index contributed by atoms with van der Waals surface area (Å²) in [6.07, 6.45) is 2.22. The van der Waals surface area contributed by atoms with E-state index in [1.54, 1.807) is 13.0 Å². The second-order valence-electron chi connectivity index (χ2n) is 2.75. The second kappa shape index (κ2) is 4.13. The maximum atomic E-state index is 11.1. The van der Waals surface area contributed by atoms with Gasteiger partial charge in [0.1, 0.15) is 0 Å². The number of allylic oxidation sites excluding steroid dienone is 1. The third-order valence-corrected chi connectivity index (χ3v) is 1.72. The van der Waals surface area contributed by atoms with E-state index in [4.69, 9.17) is 5.73 Å². The van der Waals surface area contributed by atoms with Gasteiger partial charge in [0.05, 0.1) is 12.5 Å². The van der Waals surface area contributed by atoms with Crippen LogP contribution in [0.2, 0.25) is 0 Å². The number of nitrogens with two attached hydrogens (primary N) is 1. The summed E-state index contributed by atoms with van der Waals surface area (Å²) in [5.74, 6) is -0.278. The molecule has 11 heavy (non-hydrogen) atoms. The minimum Gasteiger partial charge on any atom is -0.469 e. The third kappa shape index (κ3) is 2.35. The van der Waals surface area contributed by atoms with Crippen molar-refractivity contribution in [2.75, 3.05) is 13.7 Å². The topological polar surface area (TPSA) is 52.3 Å². The van der Waals surface area contributed by atoms with Gasteiger partial charge in [-0.25, -0.2) is 0 Å². The molecule has 64 valence electrons. The second-order valence-corrected chi connectivity index (χ2v) is 2.75. The molecule has 0 heterocycles. The Balaban J connectivity index is 4.31. The van der Waals surface area contributed by atoms with Crippen LogP contribution >= 0.6 is 0 Å². The molecule has 1 atom stereocenters. The van der Waals surface area contributed by atoms with E-state index in [1.165, 1.54) is 7.11 Å². The molecule has 0 saturated carbocycles. The summed E-state index contributed by atoms with van der Waals surface area (Å²) < 4.78 is 4.59. The highest BCUT2D eigenvalue weighted by molar-refractivity contribution is 5.76. The Bertz CT molecular complexity index is 156. The number of ether oxygens (including phenoxy) is 1. The predicted molar refractivity (Wildman–Crippen MR) is 44.0 cm³/mol. The number of methoxy groups -OCH3 is 1. The van der Waals surface area contributed by atoms with E-state index in [1.807, 2.05) is 0 Å². The summed E-state index contributed by atoms with van der Waals surface area (Å²) >= 11 is 0. The first-order valence-electron chi connectivity index (χ1n) is 3.50. The van der Waals surface area contributed by atoms with Crippen LogP contribution < -0.4 is 5.73 Å². The van der Waals surface area contributed by atoms with Gasteiger partial charge in [-0.3, -0.25) is 4.79 Å². The number of carbonyl (C=O) groups excluding carboxylic acids is 1. The summed E-state index contributed by atoms with van der Waals surface area (Å²) in [7, 11) is 1.36. The van der Waals surface area contributed by atoms with Gasteiger partial charge in [0, 0.05) is 6.54 Å². The molecule has 0 aromatic carbocycles. The van der Waals surface area contributed by atoms with E-state index in [9.17, 15) is 4.79 Å². The Labute approximate surface area is 67.2 Å². The molecule has 0 amide bonds. The van der Waals surface area contributed by atoms with Gasteiger partial charge < -0.3 is 10.5 Å². The molecule has 0 fully saturated rings. The van der Waals surface area contributed by atoms with E-state index in [0.717, 1.165) is 0 Å². The van der Waals surface area contributed by atoms with Gasteiger partial charge >= 0.3 is 5.97 Å². The lowest BCUT2D eigenvalue weighted by Crippen LogP contribution is -2.36. The van der Waals surface area contributed by atoms with Crippen LogP contribution in [-0.2, 0) is 9.53 Å². The van der Waals surface area contributed by atoms with Gasteiger partial charge in [0.15, 0.2) is 0 Å². The maximum Gasteiger partial charge on any atom is 0.313 e. The molecule has 1 unspecified atom stereocenters. The molecule has 3 heteroatoms. The Morgan fingerprint density at radius 2 is 2.36 bits per heavy atom. The van der Waals surface area contributed by atoms with Crippen molar-refractivity contribution < 1.29 is 9.53 Å². The maximum absolute atomic E-state index is 11.1. The highest BCUT2D eigenvalue weighted by atomic mass is 16.5. The normalized spacial score (nSPS) is 15.2. The molecule has 2 N–H and O–H groups in total. The van der Waals surface area contributed by atoms with Gasteiger partial charge in [0.2, 0.25) is 0 Å². The molecule has 0 aliphatic heterocycles. The highest BCUT2D eigenvalue weighted by Crippen LogP contribution is 2.21. The lowest BCUT2D eigenvalue weighted by atomic mass is 9.87. The summed E-state index contributed by atoms with van der Waals surface area (Å²) in [6, 6.07) is 0. The van der Waals surface area contributed by atoms with Gasteiger partial charge in [0.25, 0.3) is 0 Å². The molecule has 0 aliphatic rings. The minimum absolute atomic E-state index is 0.278. The number of rotatable bonds is 4. The Morgan fingerprint density at radius 3 is 2.64 bits per heavy atom. The smallest absolute Gasteiger partial charge is 0.313 e. The fraction of sp³-hybridized carbons (Fsp3) is 0.625. The van der Waals surface area contributed by atoms with E-state index >= 15 is 0 Å². The summed E-state index contributed by atoms with van der Waals surface area (Å²) in [5, 5.41) is 0. The predicted octanol–water partition coefficient (Wildman–Crippen LogP) is 0.701. The molecule has 3 nitrogen and oxygen atoms in total. The van der Waals surface area contributed by atoms with Crippen LogP contribution in [0.15, 0.2) is 12.7 Å². The fourth-order valence-electron chi connectivity index (χ4n) is 0.815. The van der Waals surface area contributed by atoms with Crippen molar-refractivity contribution in [1.82, 2.24) is 0 Å². The van der Waals surface area contributed by atoms with E-state index in [2.05, 4.69) is 11.3 Å². The average Bonchev–Trinajstić information content (AvgIpc) is 2.03. The van der Waals surface area contributed by atoms with Crippen molar-refractivity contribution in [2.24, 2.45) is 11.1 Å². The summed E-state index contributed by atoms with van der Waals surface area (Å²) in [5.41, 5.74) is 4.82. The molecule has 0 radical (unpaired) electrons. The van der Waals surface area contributed by atoms with Crippen molar-refractivity contribution >= 4 is 5.97 Å². The Kier molecular flexibility index (Phi) is 3.82. The van der Waals surface area contributed by atoms with Crippen LogP contribution in [0.4, 0.5) is 0 Å². The lowest BCUT2D eigenvalue weighted by molar-refractivity contribution is -0.151. The van der Waals surface area contributed by atoms with Gasteiger partial charge in [-0.05, 0) is 13.3 Å². The largest absolute Gasteiger partial charge is 0.469 e. The SMILES string of the molecule is C=CCC(C)(CN)C(=O)OC. The Hall–Kier alpha value is -0.830. The van der Waals surface area contributed by atoms with E-state index in [0.29, 0.717) is 6.42 Å². The lowest BCUT2D eigenvalue weighted by Gasteiger charge is -2.22. The first kappa shape index (κ1) is 10.2. The Morgan fingerprint density at radius 1 is 1.82 bits per heavy atom. The molecule has 0 aromatic heterocycles. The molecule has 0 bridgehead atoms. The van der Waals surface area contributed by atoms with E-state index < -0.39 is 5.41 Å². The zero-order chi connectivity index (χ0) is 8.91. The summed E-state index contributed by atoms with van der Waals surface area (Å²) in [6.45, 7) is 5.59. The molecular formula is C8H15NO2. The molecule has 0 aliphatic carbocycles. The highest BCUT2D eigenvalue weighted by Gasteiger charge is 2.31. The van der Waals surface area contributed by atoms with Crippen molar-refractivity contribution in [3.63, 3.8) is 0 Å². The third-order valence-electron chi connectivity index (χ3n) is 1.72. The van der Waals surface area contributed by atoms with Crippen molar-refractivity contribution in [1.29, 1.82) is 0 Å². The zero-order valence-corrected chi connectivity index (χ0v) is 7.09. The molecule has 0 rings (SSSR count). The monoisotopic (exact) mass is 157 g/mol. The fourth-order valence-corrected chi connectivity index (χ4v) is 0.815. The summed E-state index contributed by atoms with van der Waals surface area (Å²) in [4.78, 5) is 11.1. The molecule has 0 spiro atoms. The van der Waals surface area contributed by atoms with Crippen molar-refractivity contribution in [3.8, 4) is 0 Å². The molecule has 0 aromatic rings. The minimum atomic E-state index is -0.601. The van der Waals surface area contributed by atoms with Crippen LogP contribution in [0.1, 0.15) is 13.3 Å². The molecule has 0 saturated heterocycles. The van der Waals surface area contributed by atoms with Gasteiger partial charge in [-0.1, -0.05) is 6.08 Å². The van der Waals surface area contributed by atoms with Crippen LogP contribution in [0, 0.1) is 5.41 Å². The van der Waals surface area contributed by atoms with Crippen molar-refractivity contribution in [2.45, 2.75) is 13.3 Å². The van der Waals surface area contributed by atoms with Gasteiger partial charge in [-0.15, -0.1) is 6.58 Å². The van der Waals surface area contributed by atoms with Crippen LogP contribution in [0.3, 0.4) is 0 Å². The van der Waals surface area contributed by atoms with Crippen LogP contribution in [0.5, 0.6) is 0 Å². The quantitative estimate of drug-likeness (QED) is 0.482. The number of hydrogen-bond acceptors (Lipinski definition) is 3. The van der Waals surface area contributed by atoms with Crippen LogP contribution in [0.25, 0.3) is 0 Å². The standard InChI is InChI=1S/C8H15NO2/c1-4-5-8(2,6-9)7(10)11-3/h4H,1,5-6,9H2,2-3H3. The van der Waals surface area contributed by atoms with Crippen LogP contribution in [-0.4, -0.2) is 19.6 Å². The molecular weight excluding hydrogens is 142 g/mol. The van der Waals surface area contributed by atoms with Crippen molar-refractivity contribution in [3.05, 3.63) is 12.7 Å². The average molecular weight is 157 g/mol. The van der Waals surface area contributed by atoms with E-state index in [-0.39, 0.29) is 12.5 Å². The first-order chi connectivity index (χ1) is 5.10. The zero-order valence-electron chi connectivity index (χ0n) is 7.09.